The van der Waals surface area contributed by atoms with Crippen molar-refractivity contribution in [3.63, 3.8) is 0 Å². The van der Waals surface area contributed by atoms with E-state index < -0.39 is 9.05 Å². The second-order valence-electron chi connectivity index (χ2n) is 5.24. The number of rotatable bonds is 3. The molecule has 0 radical (unpaired) electrons. The Hall–Kier alpha value is -1.41. The lowest BCUT2D eigenvalue weighted by Crippen LogP contribution is -2.16. The molecular formula is C12H16ClN5O2S. The number of aryl methyl sites for hydroxylation is 2. The van der Waals surface area contributed by atoms with E-state index in [-0.39, 0.29) is 4.90 Å². The molecule has 0 saturated carbocycles. The van der Waals surface area contributed by atoms with Gasteiger partial charge in [-0.3, -0.25) is 4.68 Å². The lowest BCUT2D eigenvalue weighted by Gasteiger charge is -2.14. The van der Waals surface area contributed by atoms with Gasteiger partial charge in [-0.15, -0.1) is 10.2 Å². The standard InChI is InChI=1S/C12H16ClN5O2S/c1-8-12(21(13,19)20)9(2)18(16-8)7-11-15-14-10-5-3-4-6-17(10)11/h3-7H2,1-2H3. The molecule has 1 aliphatic rings. The van der Waals surface area contributed by atoms with Gasteiger partial charge in [-0.05, 0) is 26.7 Å². The first kappa shape index (κ1) is 14.5. The van der Waals surface area contributed by atoms with Gasteiger partial charge in [-0.25, -0.2) is 8.42 Å². The molecule has 3 heterocycles. The van der Waals surface area contributed by atoms with Crippen molar-refractivity contribution in [1.82, 2.24) is 24.5 Å². The van der Waals surface area contributed by atoms with Crippen molar-refractivity contribution < 1.29 is 8.42 Å². The number of aromatic nitrogens is 5. The zero-order valence-electron chi connectivity index (χ0n) is 11.9. The molecule has 0 atom stereocenters. The van der Waals surface area contributed by atoms with Gasteiger partial charge in [-0.1, -0.05) is 0 Å². The highest BCUT2D eigenvalue weighted by Gasteiger charge is 2.24. The van der Waals surface area contributed by atoms with Crippen LogP contribution in [0, 0.1) is 13.8 Å². The van der Waals surface area contributed by atoms with Crippen LogP contribution < -0.4 is 0 Å². The van der Waals surface area contributed by atoms with Crippen LogP contribution in [-0.4, -0.2) is 33.0 Å². The summed E-state index contributed by atoms with van der Waals surface area (Å²) in [6, 6.07) is 0. The van der Waals surface area contributed by atoms with E-state index in [1.807, 2.05) is 0 Å². The molecule has 0 N–H and O–H groups in total. The van der Waals surface area contributed by atoms with Crippen LogP contribution in [0.1, 0.15) is 35.9 Å². The Labute approximate surface area is 127 Å². The summed E-state index contributed by atoms with van der Waals surface area (Å²) in [7, 11) is 1.67. The van der Waals surface area contributed by atoms with Gasteiger partial charge in [0.1, 0.15) is 17.3 Å². The molecule has 21 heavy (non-hydrogen) atoms. The summed E-state index contributed by atoms with van der Waals surface area (Å²) >= 11 is 0. The van der Waals surface area contributed by atoms with Crippen molar-refractivity contribution in [2.45, 2.75) is 51.1 Å². The largest absolute Gasteiger partial charge is 0.313 e. The normalized spacial score (nSPS) is 15.2. The smallest absolute Gasteiger partial charge is 0.264 e. The zero-order chi connectivity index (χ0) is 15.2. The molecule has 0 saturated heterocycles. The third-order valence-electron chi connectivity index (χ3n) is 3.79. The third kappa shape index (κ3) is 2.57. The third-order valence-corrected chi connectivity index (χ3v) is 5.33. The highest BCUT2D eigenvalue weighted by Crippen LogP contribution is 2.24. The monoisotopic (exact) mass is 329 g/mol. The fourth-order valence-electron chi connectivity index (χ4n) is 2.81. The molecule has 0 fully saturated rings. The summed E-state index contributed by atoms with van der Waals surface area (Å²) in [6.07, 6.45) is 3.18. The zero-order valence-corrected chi connectivity index (χ0v) is 13.4. The highest BCUT2D eigenvalue weighted by molar-refractivity contribution is 8.13. The fraction of sp³-hybridized carbons (Fsp3) is 0.583. The predicted octanol–water partition coefficient (Wildman–Crippen LogP) is 1.40. The molecule has 114 valence electrons. The van der Waals surface area contributed by atoms with Gasteiger partial charge in [0.25, 0.3) is 9.05 Å². The number of halogens is 1. The summed E-state index contributed by atoms with van der Waals surface area (Å²) in [5.41, 5.74) is 0.927. The summed E-state index contributed by atoms with van der Waals surface area (Å²) in [4.78, 5) is 0.0857. The van der Waals surface area contributed by atoms with Crippen LogP contribution in [0.25, 0.3) is 0 Å². The van der Waals surface area contributed by atoms with E-state index in [1.54, 1.807) is 18.5 Å². The van der Waals surface area contributed by atoms with Gasteiger partial charge in [0.2, 0.25) is 0 Å². The number of hydrogen-bond donors (Lipinski definition) is 0. The molecule has 0 spiro atoms. The Bertz CT molecular complexity index is 793. The summed E-state index contributed by atoms with van der Waals surface area (Å²) in [6.45, 7) is 4.63. The van der Waals surface area contributed by atoms with Crippen LogP contribution in [0.2, 0.25) is 0 Å². The van der Waals surface area contributed by atoms with Crippen LogP contribution in [0.3, 0.4) is 0 Å². The SMILES string of the molecule is Cc1nn(Cc2nnc3n2CCCC3)c(C)c1S(=O)(=O)Cl. The van der Waals surface area contributed by atoms with Gasteiger partial charge in [0.05, 0.1) is 11.4 Å². The first-order valence-corrected chi connectivity index (χ1v) is 9.08. The van der Waals surface area contributed by atoms with Crippen molar-refractivity contribution in [2.24, 2.45) is 0 Å². The maximum absolute atomic E-state index is 11.6. The molecule has 2 aromatic rings. The maximum atomic E-state index is 11.6. The molecule has 3 rings (SSSR count). The minimum atomic E-state index is -3.79. The average molecular weight is 330 g/mol. The Morgan fingerprint density at radius 1 is 1.24 bits per heavy atom. The van der Waals surface area contributed by atoms with E-state index in [0.29, 0.717) is 17.9 Å². The Morgan fingerprint density at radius 3 is 2.67 bits per heavy atom. The van der Waals surface area contributed by atoms with Gasteiger partial charge in [0.15, 0.2) is 5.82 Å². The van der Waals surface area contributed by atoms with Gasteiger partial charge in [0, 0.05) is 23.6 Å². The van der Waals surface area contributed by atoms with E-state index in [9.17, 15) is 8.42 Å². The van der Waals surface area contributed by atoms with Crippen LogP contribution in [0.4, 0.5) is 0 Å². The average Bonchev–Trinajstić information content (AvgIpc) is 2.92. The van der Waals surface area contributed by atoms with E-state index in [2.05, 4.69) is 19.9 Å². The molecule has 7 nitrogen and oxygen atoms in total. The Balaban J connectivity index is 1.98. The lowest BCUT2D eigenvalue weighted by atomic mass is 10.2. The van der Waals surface area contributed by atoms with Crippen molar-refractivity contribution in [1.29, 1.82) is 0 Å². The fourth-order valence-corrected chi connectivity index (χ4v) is 4.33. The first-order chi connectivity index (χ1) is 9.88. The van der Waals surface area contributed by atoms with Gasteiger partial charge in [-0.2, -0.15) is 5.10 Å². The van der Waals surface area contributed by atoms with E-state index in [0.717, 1.165) is 37.5 Å². The highest BCUT2D eigenvalue weighted by atomic mass is 35.7. The van der Waals surface area contributed by atoms with Crippen LogP contribution in [-0.2, 0) is 28.6 Å². The van der Waals surface area contributed by atoms with E-state index in [1.165, 1.54) is 0 Å². The van der Waals surface area contributed by atoms with Crippen molar-refractivity contribution in [3.8, 4) is 0 Å². The number of nitrogens with zero attached hydrogens (tertiary/aromatic N) is 5. The topological polar surface area (TPSA) is 82.7 Å². The molecule has 0 aromatic carbocycles. The van der Waals surface area contributed by atoms with Crippen molar-refractivity contribution in [3.05, 3.63) is 23.0 Å². The van der Waals surface area contributed by atoms with E-state index >= 15 is 0 Å². The summed E-state index contributed by atoms with van der Waals surface area (Å²) in [5, 5.41) is 12.7. The molecule has 0 amide bonds. The summed E-state index contributed by atoms with van der Waals surface area (Å²) < 4.78 is 26.9. The summed E-state index contributed by atoms with van der Waals surface area (Å²) in [5.74, 6) is 1.79. The molecule has 0 bridgehead atoms. The molecule has 1 aliphatic heterocycles. The minimum Gasteiger partial charge on any atom is -0.313 e. The predicted molar refractivity (Wildman–Crippen MR) is 76.8 cm³/mol. The lowest BCUT2D eigenvalue weighted by molar-refractivity contribution is 0.493. The molecular weight excluding hydrogens is 314 g/mol. The molecule has 0 aliphatic carbocycles. The second kappa shape index (κ2) is 5.10. The molecule has 2 aromatic heterocycles. The molecule has 9 heteroatoms. The van der Waals surface area contributed by atoms with Crippen LogP contribution >= 0.6 is 10.7 Å². The Morgan fingerprint density at radius 2 is 2.00 bits per heavy atom. The van der Waals surface area contributed by atoms with Crippen molar-refractivity contribution >= 4 is 19.7 Å². The first-order valence-electron chi connectivity index (χ1n) is 6.77. The number of fused-ring (bicyclic) bond motifs is 1. The van der Waals surface area contributed by atoms with Crippen molar-refractivity contribution in [2.75, 3.05) is 0 Å². The van der Waals surface area contributed by atoms with Gasteiger partial charge < -0.3 is 4.57 Å². The quantitative estimate of drug-likeness (QED) is 0.795. The second-order valence-corrected chi connectivity index (χ2v) is 7.74. The molecule has 0 unspecified atom stereocenters. The van der Waals surface area contributed by atoms with E-state index in [4.69, 9.17) is 10.7 Å². The maximum Gasteiger partial charge on any atom is 0.264 e. The Kier molecular flexibility index (Phi) is 3.53. The van der Waals surface area contributed by atoms with Crippen LogP contribution in [0.5, 0.6) is 0 Å². The number of hydrogen-bond acceptors (Lipinski definition) is 5. The van der Waals surface area contributed by atoms with Gasteiger partial charge >= 0.3 is 0 Å². The minimum absolute atomic E-state index is 0.0857. The van der Waals surface area contributed by atoms with Crippen LogP contribution in [0.15, 0.2) is 4.90 Å².